The average molecular weight is 291 g/mol. The SMILES string of the molecule is CN1CCCN(CC(C(N)=S)c2ccccc2)CC1=O. The maximum absolute atomic E-state index is 11.9. The molecule has 1 unspecified atom stereocenters. The minimum absolute atomic E-state index is 0.00223. The van der Waals surface area contributed by atoms with E-state index >= 15 is 0 Å². The van der Waals surface area contributed by atoms with Gasteiger partial charge < -0.3 is 10.6 Å². The summed E-state index contributed by atoms with van der Waals surface area (Å²) in [5.41, 5.74) is 7.01. The van der Waals surface area contributed by atoms with E-state index in [4.69, 9.17) is 18.0 Å². The number of nitrogens with two attached hydrogens (primary N) is 1. The third-order valence-electron chi connectivity index (χ3n) is 3.74. The number of hydrogen-bond donors (Lipinski definition) is 1. The van der Waals surface area contributed by atoms with E-state index in [0.717, 1.165) is 25.1 Å². The molecule has 1 aliphatic heterocycles. The number of carbonyl (C=O) groups is 1. The predicted molar refractivity (Wildman–Crippen MR) is 84.7 cm³/mol. The summed E-state index contributed by atoms with van der Waals surface area (Å²) in [6.45, 7) is 2.88. The highest BCUT2D eigenvalue weighted by Gasteiger charge is 2.23. The van der Waals surface area contributed by atoms with Crippen LogP contribution in [-0.2, 0) is 4.79 Å². The highest BCUT2D eigenvalue weighted by molar-refractivity contribution is 7.80. The van der Waals surface area contributed by atoms with Crippen LogP contribution in [0.1, 0.15) is 17.9 Å². The molecule has 0 spiro atoms. The van der Waals surface area contributed by atoms with E-state index in [2.05, 4.69) is 4.90 Å². The summed E-state index contributed by atoms with van der Waals surface area (Å²) in [4.78, 5) is 16.4. The van der Waals surface area contributed by atoms with Gasteiger partial charge in [0.05, 0.1) is 11.5 Å². The lowest BCUT2D eigenvalue weighted by molar-refractivity contribution is -0.129. The molecule has 0 aromatic heterocycles. The minimum atomic E-state index is 0.00223. The van der Waals surface area contributed by atoms with Crippen molar-refractivity contribution < 1.29 is 4.79 Å². The Morgan fingerprint density at radius 2 is 2.05 bits per heavy atom. The Labute approximate surface area is 125 Å². The first-order valence-corrected chi connectivity index (χ1v) is 7.29. The van der Waals surface area contributed by atoms with E-state index in [9.17, 15) is 4.79 Å². The van der Waals surface area contributed by atoms with Crippen molar-refractivity contribution in [2.45, 2.75) is 12.3 Å². The van der Waals surface area contributed by atoms with Gasteiger partial charge in [-0.3, -0.25) is 9.69 Å². The monoisotopic (exact) mass is 291 g/mol. The van der Waals surface area contributed by atoms with Crippen LogP contribution in [0, 0.1) is 0 Å². The van der Waals surface area contributed by atoms with Gasteiger partial charge in [0.1, 0.15) is 0 Å². The average Bonchev–Trinajstić information content (AvgIpc) is 2.59. The van der Waals surface area contributed by atoms with Crippen LogP contribution in [0.2, 0.25) is 0 Å². The third kappa shape index (κ3) is 3.77. The van der Waals surface area contributed by atoms with Crippen LogP contribution in [0.4, 0.5) is 0 Å². The molecule has 0 radical (unpaired) electrons. The van der Waals surface area contributed by atoms with Crippen molar-refractivity contribution in [3.63, 3.8) is 0 Å². The smallest absolute Gasteiger partial charge is 0.236 e. The van der Waals surface area contributed by atoms with Gasteiger partial charge in [-0.25, -0.2) is 0 Å². The molecule has 2 N–H and O–H groups in total. The van der Waals surface area contributed by atoms with Crippen molar-refractivity contribution >= 4 is 23.1 Å². The second-order valence-corrected chi connectivity index (χ2v) is 5.74. The Kier molecular flexibility index (Phi) is 5.09. The zero-order valence-corrected chi connectivity index (χ0v) is 12.6. The van der Waals surface area contributed by atoms with Crippen LogP contribution in [0.25, 0.3) is 0 Å². The van der Waals surface area contributed by atoms with Crippen LogP contribution in [0.15, 0.2) is 30.3 Å². The van der Waals surface area contributed by atoms with Crippen LogP contribution >= 0.6 is 12.2 Å². The topological polar surface area (TPSA) is 49.6 Å². The number of thiocarbonyl (C=S) groups is 1. The van der Waals surface area contributed by atoms with Crippen LogP contribution in [-0.4, -0.2) is 53.9 Å². The van der Waals surface area contributed by atoms with E-state index in [-0.39, 0.29) is 11.8 Å². The fraction of sp³-hybridized carbons (Fsp3) is 0.467. The lowest BCUT2D eigenvalue weighted by Gasteiger charge is -2.25. The molecule has 1 atom stereocenters. The number of rotatable bonds is 4. The quantitative estimate of drug-likeness (QED) is 0.848. The van der Waals surface area contributed by atoms with Crippen molar-refractivity contribution in [2.24, 2.45) is 5.73 Å². The zero-order chi connectivity index (χ0) is 14.5. The molecule has 20 heavy (non-hydrogen) atoms. The first-order chi connectivity index (χ1) is 9.58. The van der Waals surface area contributed by atoms with E-state index in [0.29, 0.717) is 18.1 Å². The van der Waals surface area contributed by atoms with Crippen molar-refractivity contribution in [2.75, 3.05) is 33.2 Å². The second-order valence-electron chi connectivity index (χ2n) is 5.27. The summed E-state index contributed by atoms with van der Waals surface area (Å²) in [6, 6.07) is 10.0. The molecule has 0 bridgehead atoms. The molecule has 0 saturated carbocycles. The molecule has 0 aliphatic carbocycles. The lowest BCUT2D eigenvalue weighted by Crippen LogP contribution is -2.38. The van der Waals surface area contributed by atoms with Crippen LogP contribution < -0.4 is 5.73 Å². The number of hydrogen-bond acceptors (Lipinski definition) is 3. The first kappa shape index (κ1) is 14.9. The predicted octanol–water partition coefficient (Wildman–Crippen LogP) is 1.22. The van der Waals surface area contributed by atoms with Crippen molar-refractivity contribution in [1.82, 2.24) is 9.80 Å². The van der Waals surface area contributed by atoms with Gasteiger partial charge >= 0.3 is 0 Å². The summed E-state index contributed by atoms with van der Waals surface area (Å²) < 4.78 is 0. The van der Waals surface area contributed by atoms with Crippen molar-refractivity contribution in [1.29, 1.82) is 0 Å². The zero-order valence-electron chi connectivity index (χ0n) is 11.8. The molecule has 1 amide bonds. The summed E-state index contributed by atoms with van der Waals surface area (Å²) in [6.07, 6.45) is 0.987. The maximum atomic E-state index is 11.9. The molecule has 1 aliphatic rings. The van der Waals surface area contributed by atoms with Gasteiger partial charge in [0.25, 0.3) is 0 Å². The Bertz CT molecular complexity index is 477. The third-order valence-corrected chi connectivity index (χ3v) is 4.02. The van der Waals surface area contributed by atoms with E-state index < -0.39 is 0 Å². The van der Waals surface area contributed by atoms with Crippen molar-refractivity contribution in [3.05, 3.63) is 35.9 Å². The van der Waals surface area contributed by atoms with Crippen LogP contribution in [0.3, 0.4) is 0 Å². The molecule has 2 rings (SSSR count). The fourth-order valence-corrected chi connectivity index (χ4v) is 2.72. The number of likely N-dealkylation sites (N-methyl/N-ethyl adjacent to an activating group) is 1. The largest absolute Gasteiger partial charge is 0.393 e. The molecule has 1 aromatic rings. The lowest BCUT2D eigenvalue weighted by atomic mass is 9.98. The Morgan fingerprint density at radius 1 is 1.35 bits per heavy atom. The standard InChI is InChI=1S/C15H21N3OS/c1-17-8-5-9-18(11-14(17)19)10-13(15(16)20)12-6-3-2-4-7-12/h2-4,6-7,13H,5,8-11H2,1H3,(H2,16,20). The van der Waals surface area contributed by atoms with E-state index in [1.54, 1.807) is 4.90 Å². The molecule has 1 aromatic carbocycles. The highest BCUT2D eigenvalue weighted by atomic mass is 32.1. The second kappa shape index (κ2) is 6.81. The van der Waals surface area contributed by atoms with Gasteiger partial charge in [-0.1, -0.05) is 42.5 Å². The molecule has 1 fully saturated rings. The first-order valence-electron chi connectivity index (χ1n) is 6.88. The summed E-state index contributed by atoms with van der Waals surface area (Å²) in [5.74, 6) is 0.166. The molecular formula is C15H21N3OS. The van der Waals surface area contributed by atoms with Crippen LogP contribution in [0.5, 0.6) is 0 Å². The van der Waals surface area contributed by atoms with Gasteiger partial charge in [-0.2, -0.15) is 0 Å². The minimum Gasteiger partial charge on any atom is -0.393 e. The Morgan fingerprint density at radius 3 is 2.70 bits per heavy atom. The van der Waals surface area contributed by atoms with Gasteiger partial charge in [0.15, 0.2) is 0 Å². The normalized spacial score (nSPS) is 18.6. The van der Waals surface area contributed by atoms with Gasteiger partial charge in [-0.15, -0.1) is 0 Å². The number of carbonyl (C=O) groups excluding carboxylic acids is 1. The number of nitrogens with zero attached hydrogens (tertiary/aromatic N) is 2. The van der Waals surface area contributed by atoms with Gasteiger partial charge in [0, 0.05) is 32.6 Å². The molecule has 5 heteroatoms. The Hall–Kier alpha value is -1.46. The van der Waals surface area contributed by atoms with Gasteiger partial charge in [0.2, 0.25) is 5.91 Å². The fourth-order valence-electron chi connectivity index (χ4n) is 2.51. The van der Waals surface area contributed by atoms with E-state index in [1.807, 2.05) is 37.4 Å². The molecule has 1 heterocycles. The molecule has 4 nitrogen and oxygen atoms in total. The highest BCUT2D eigenvalue weighted by Crippen LogP contribution is 2.18. The van der Waals surface area contributed by atoms with Gasteiger partial charge in [-0.05, 0) is 12.0 Å². The number of benzene rings is 1. The Balaban J connectivity index is 2.09. The summed E-state index contributed by atoms with van der Waals surface area (Å²) in [5, 5.41) is 0. The number of amides is 1. The van der Waals surface area contributed by atoms with Crippen molar-refractivity contribution in [3.8, 4) is 0 Å². The summed E-state index contributed by atoms with van der Waals surface area (Å²) in [7, 11) is 1.86. The molecule has 108 valence electrons. The maximum Gasteiger partial charge on any atom is 0.236 e. The molecular weight excluding hydrogens is 270 g/mol. The van der Waals surface area contributed by atoms with E-state index in [1.165, 1.54) is 0 Å². The summed E-state index contributed by atoms with van der Waals surface area (Å²) >= 11 is 5.21. The molecule has 1 saturated heterocycles.